The Kier molecular flexibility index (Phi) is 4.43. The van der Waals surface area contributed by atoms with Crippen molar-refractivity contribution in [2.75, 3.05) is 0 Å². The molecule has 0 heterocycles. The smallest absolute Gasteiger partial charge is 0.00439 e. The van der Waals surface area contributed by atoms with Crippen molar-refractivity contribution in [3.05, 3.63) is 0 Å². The van der Waals surface area contributed by atoms with Crippen molar-refractivity contribution in [3.63, 3.8) is 0 Å². The lowest BCUT2D eigenvalue weighted by atomic mass is 10.0. The molecule has 0 saturated heterocycles. The molecule has 0 bridgehead atoms. The molecule has 1 N–H and O–H groups in total. The molecule has 1 nitrogen and oxygen atoms in total. The molecular weight excluding hydrogens is 170 g/mol. The Morgan fingerprint density at radius 2 is 1.79 bits per heavy atom. The van der Waals surface area contributed by atoms with E-state index in [1.807, 2.05) is 0 Å². The molecule has 0 amide bonds. The average molecular weight is 197 g/mol. The Balaban J connectivity index is 2.13. The van der Waals surface area contributed by atoms with Gasteiger partial charge in [-0.15, -0.1) is 0 Å². The zero-order valence-electron chi connectivity index (χ0n) is 10.5. The van der Waals surface area contributed by atoms with Crippen LogP contribution in [0.15, 0.2) is 0 Å². The minimum Gasteiger partial charge on any atom is -0.312 e. The highest BCUT2D eigenvalue weighted by atomic mass is 14.9. The van der Waals surface area contributed by atoms with Gasteiger partial charge in [0.1, 0.15) is 0 Å². The lowest BCUT2D eigenvalue weighted by Crippen LogP contribution is -2.34. The molecule has 1 saturated carbocycles. The van der Waals surface area contributed by atoms with Gasteiger partial charge in [0, 0.05) is 12.1 Å². The first-order valence-corrected chi connectivity index (χ1v) is 6.30. The van der Waals surface area contributed by atoms with E-state index in [1.165, 1.54) is 19.3 Å². The number of nitrogens with one attached hydrogen (secondary N) is 1. The van der Waals surface area contributed by atoms with Crippen LogP contribution in [0.5, 0.6) is 0 Å². The third-order valence-corrected chi connectivity index (χ3v) is 3.67. The predicted molar refractivity (Wildman–Crippen MR) is 63.4 cm³/mol. The van der Waals surface area contributed by atoms with E-state index in [-0.39, 0.29) is 0 Å². The molecule has 0 aromatic heterocycles. The molecule has 14 heavy (non-hydrogen) atoms. The van der Waals surface area contributed by atoms with Crippen LogP contribution < -0.4 is 5.32 Å². The highest BCUT2D eigenvalue weighted by molar-refractivity contribution is 4.90. The molecule has 0 radical (unpaired) electrons. The summed E-state index contributed by atoms with van der Waals surface area (Å²) >= 11 is 0. The van der Waals surface area contributed by atoms with Crippen LogP contribution in [0.25, 0.3) is 0 Å². The standard InChI is InChI=1S/C13H27N/c1-6-10(4)14-11(5)7-12-8-13(12)9(2)3/h9-14H,6-8H2,1-5H3. The summed E-state index contributed by atoms with van der Waals surface area (Å²) in [4.78, 5) is 0. The van der Waals surface area contributed by atoms with E-state index < -0.39 is 0 Å². The quantitative estimate of drug-likeness (QED) is 0.688. The van der Waals surface area contributed by atoms with E-state index in [0.717, 1.165) is 17.8 Å². The summed E-state index contributed by atoms with van der Waals surface area (Å²) in [6.45, 7) is 11.6. The highest BCUT2D eigenvalue weighted by Gasteiger charge is 2.39. The fourth-order valence-corrected chi connectivity index (χ4v) is 2.48. The van der Waals surface area contributed by atoms with Gasteiger partial charge in [-0.25, -0.2) is 0 Å². The van der Waals surface area contributed by atoms with Gasteiger partial charge in [0.15, 0.2) is 0 Å². The number of rotatable bonds is 6. The highest BCUT2D eigenvalue weighted by Crippen LogP contribution is 2.46. The molecule has 0 aliphatic heterocycles. The van der Waals surface area contributed by atoms with Gasteiger partial charge in [-0.2, -0.15) is 0 Å². The number of hydrogen-bond donors (Lipinski definition) is 1. The van der Waals surface area contributed by atoms with Crippen molar-refractivity contribution in [2.24, 2.45) is 17.8 Å². The fraction of sp³-hybridized carbons (Fsp3) is 1.00. The van der Waals surface area contributed by atoms with Gasteiger partial charge in [-0.1, -0.05) is 20.8 Å². The topological polar surface area (TPSA) is 12.0 Å². The zero-order chi connectivity index (χ0) is 10.7. The van der Waals surface area contributed by atoms with Crippen LogP contribution in [0, 0.1) is 17.8 Å². The second-order valence-electron chi connectivity index (χ2n) is 5.52. The summed E-state index contributed by atoms with van der Waals surface area (Å²) in [7, 11) is 0. The van der Waals surface area contributed by atoms with Gasteiger partial charge in [-0.05, 0) is 50.9 Å². The summed E-state index contributed by atoms with van der Waals surface area (Å²) in [5.41, 5.74) is 0. The predicted octanol–water partition coefficient (Wildman–Crippen LogP) is 3.45. The first kappa shape index (κ1) is 12.0. The molecule has 84 valence electrons. The Hall–Kier alpha value is -0.0400. The maximum atomic E-state index is 3.66. The Morgan fingerprint density at radius 1 is 1.14 bits per heavy atom. The SMILES string of the molecule is CCC(C)NC(C)CC1CC1C(C)C. The lowest BCUT2D eigenvalue weighted by molar-refractivity contribution is 0.401. The fourth-order valence-electron chi connectivity index (χ4n) is 2.48. The van der Waals surface area contributed by atoms with Crippen LogP contribution in [0.3, 0.4) is 0 Å². The monoisotopic (exact) mass is 197 g/mol. The van der Waals surface area contributed by atoms with Crippen LogP contribution in [0.1, 0.15) is 53.9 Å². The van der Waals surface area contributed by atoms with Crippen LogP contribution in [0.2, 0.25) is 0 Å². The van der Waals surface area contributed by atoms with Gasteiger partial charge < -0.3 is 5.32 Å². The van der Waals surface area contributed by atoms with Crippen molar-refractivity contribution >= 4 is 0 Å². The molecule has 1 heteroatoms. The molecule has 1 aliphatic carbocycles. The second kappa shape index (κ2) is 5.16. The van der Waals surface area contributed by atoms with Crippen molar-refractivity contribution in [3.8, 4) is 0 Å². The molecule has 4 unspecified atom stereocenters. The van der Waals surface area contributed by atoms with Gasteiger partial charge in [-0.3, -0.25) is 0 Å². The van der Waals surface area contributed by atoms with Crippen LogP contribution in [-0.4, -0.2) is 12.1 Å². The Morgan fingerprint density at radius 3 is 2.21 bits per heavy atom. The van der Waals surface area contributed by atoms with Crippen LogP contribution in [-0.2, 0) is 0 Å². The molecule has 0 aromatic rings. The first-order chi connectivity index (χ1) is 6.54. The summed E-state index contributed by atoms with van der Waals surface area (Å²) in [6, 6.07) is 1.39. The average Bonchev–Trinajstić information content (AvgIpc) is 2.83. The van der Waals surface area contributed by atoms with E-state index in [2.05, 4.69) is 39.9 Å². The van der Waals surface area contributed by atoms with Gasteiger partial charge in [0.05, 0.1) is 0 Å². The first-order valence-electron chi connectivity index (χ1n) is 6.30. The van der Waals surface area contributed by atoms with Crippen molar-refractivity contribution in [1.29, 1.82) is 0 Å². The normalized spacial score (nSPS) is 30.4. The summed E-state index contributed by atoms with van der Waals surface area (Å²) < 4.78 is 0. The van der Waals surface area contributed by atoms with Crippen molar-refractivity contribution in [1.82, 2.24) is 5.32 Å². The van der Waals surface area contributed by atoms with E-state index in [9.17, 15) is 0 Å². The molecule has 1 fully saturated rings. The third-order valence-electron chi connectivity index (χ3n) is 3.67. The minimum atomic E-state index is 0.682. The van der Waals surface area contributed by atoms with Gasteiger partial charge in [0.25, 0.3) is 0 Å². The van der Waals surface area contributed by atoms with E-state index in [1.54, 1.807) is 0 Å². The molecule has 4 atom stereocenters. The van der Waals surface area contributed by atoms with Gasteiger partial charge in [0.2, 0.25) is 0 Å². The van der Waals surface area contributed by atoms with Gasteiger partial charge >= 0.3 is 0 Å². The Bertz CT molecular complexity index is 165. The maximum Gasteiger partial charge on any atom is 0.00439 e. The minimum absolute atomic E-state index is 0.682. The van der Waals surface area contributed by atoms with Crippen molar-refractivity contribution in [2.45, 2.75) is 66.0 Å². The Labute approximate surface area is 89.7 Å². The van der Waals surface area contributed by atoms with E-state index in [0.29, 0.717) is 12.1 Å². The maximum absolute atomic E-state index is 3.66. The largest absolute Gasteiger partial charge is 0.312 e. The second-order valence-corrected chi connectivity index (χ2v) is 5.52. The molecule has 1 rings (SSSR count). The molecule has 1 aliphatic rings. The third kappa shape index (κ3) is 3.61. The summed E-state index contributed by atoms with van der Waals surface area (Å²) in [5, 5.41) is 3.66. The molecule has 0 spiro atoms. The molecular formula is C13H27N. The number of hydrogen-bond acceptors (Lipinski definition) is 1. The van der Waals surface area contributed by atoms with Crippen LogP contribution >= 0.6 is 0 Å². The summed E-state index contributed by atoms with van der Waals surface area (Å²) in [5.74, 6) is 2.94. The van der Waals surface area contributed by atoms with Crippen molar-refractivity contribution < 1.29 is 0 Å². The van der Waals surface area contributed by atoms with E-state index in [4.69, 9.17) is 0 Å². The lowest BCUT2D eigenvalue weighted by Gasteiger charge is -2.19. The van der Waals surface area contributed by atoms with E-state index >= 15 is 0 Å². The summed E-state index contributed by atoms with van der Waals surface area (Å²) in [6.07, 6.45) is 4.10. The van der Waals surface area contributed by atoms with Crippen LogP contribution in [0.4, 0.5) is 0 Å². The zero-order valence-corrected chi connectivity index (χ0v) is 10.5. The molecule has 0 aromatic carbocycles.